The molecule has 0 fully saturated rings. The monoisotopic (exact) mass is 471 g/mol. The highest BCUT2D eigenvalue weighted by Gasteiger charge is 2.37. The van der Waals surface area contributed by atoms with E-state index in [2.05, 4.69) is 25.5 Å². The molecule has 4 aromatic rings. The van der Waals surface area contributed by atoms with Crippen LogP contribution < -0.4 is 5.32 Å². The first-order chi connectivity index (χ1) is 16.0. The number of alkyl halides is 3. The summed E-state index contributed by atoms with van der Waals surface area (Å²) in [6.45, 7) is 8.01. The minimum atomic E-state index is -4.67. The van der Waals surface area contributed by atoms with Gasteiger partial charge in [0.2, 0.25) is 5.91 Å². The molecule has 34 heavy (non-hydrogen) atoms. The lowest BCUT2D eigenvalue weighted by molar-refractivity contribution is -0.144. The van der Waals surface area contributed by atoms with Crippen molar-refractivity contribution in [2.24, 2.45) is 0 Å². The Kier molecular flexibility index (Phi) is 6.11. The van der Waals surface area contributed by atoms with Crippen LogP contribution in [-0.4, -0.2) is 35.3 Å². The summed E-state index contributed by atoms with van der Waals surface area (Å²) in [6, 6.07) is 9.96. The Balaban J connectivity index is 1.48. The van der Waals surface area contributed by atoms with E-state index in [1.54, 1.807) is 13.8 Å². The fourth-order valence-electron chi connectivity index (χ4n) is 3.89. The van der Waals surface area contributed by atoms with E-state index >= 15 is 0 Å². The van der Waals surface area contributed by atoms with Crippen LogP contribution in [0.2, 0.25) is 0 Å². The number of fused-ring (bicyclic) bond motifs is 1. The Morgan fingerprint density at radius 1 is 0.941 bits per heavy atom. The van der Waals surface area contributed by atoms with E-state index in [9.17, 15) is 18.0 Å². The Morgan fingerprint density at radius 3 is 2.32 bits per heavy atom. The number of carbonyl (C=O) groups excluding carboxylic acids is 1. The van der Waals surface area contributed by atoms with Crippen molar-refractivity contribution in [3.05, 3.63) is 75.6 Å². The molecule has 4 rings (SSSR count). The molecular formula is C23H24F3N7O. The van der Waals surface area contributed by atoms with Crippen molar-refractivity contribution < 1.29 is 18.0 Å². The molecule has 0 bridgehead atoms. The topological polar surface area (TPSA) is 90.0 Å². The van der Waals surface area contributed by atoms with E-state index in [1.807, 2.05) is 48.9 Å². The molecule has 0 saturated carbocycles. The number of hydrogen-bond donors (Lipinski definition) is 1. The lowest BCUT2D eigenvalue weighted by Crippen LogP contribution is -2.26. The lowest BCUT2D eigenvalue weighted by atomic mass is 10.1. The van der Waals surface area contributed by atoms with Crippen LogP contribution in [0.1, 0.15) is 45.3 Å². The quantitative estimate of drug-likeness (QED) is 0.465. The normalized spacial score (nSPS) is 11.9. The molecule has 0 saturated heterocycles. The fraction of sp³-hybridized carbons (Fsp3) is 0.348. The number of nitrogens with zero attached hydrogens (tertiary/aromatic N) is 6. The maximum atomic E-state index is 13.0. The molecule has 8 nitrogen and oxygen atoms in total. The van der Waals surface area contributed by atoms with E-state index in [0.29, 0.717) is 30.0 Å². The number of amides is 1. The largest absolute Gasteiger partial charge is 0.453 e. The van der Waals surface area contributed by atoms with Crippen LogP contribution in [0.5, 0.6) is 0 Å². The van der Waals surface area contributed by atoms with Crippen molar-refractivity contribution in [1.82, 2.24) is 34.7 Å². The molecular weight excluding hydrogens is 447 g/mol. The van der Waals surface area contributed by atoms with Crippen molar-refractivity contribution in [3.8, 4) is 0 Å². The van der Waals surface area contributed by atoms with Gasteiger partial charge in [0.1, 0.15) is 0 Å². The first kappa shape index (κ1) is 23.4. The van der Waals surface area contributed by atoms with Gasteiger partial charge in [-0.05, 0) is 33.3 Å². The number of benzene rings is 1. The number of carbonyl (C=O) groups is 1. The van der Waals surface area contributed by atoms with Gasteiger partial charge in [-0.1, -0.05) is 30.3 Å². The highest BCUT2D eigenvalue weighted by atomic mass is 19.4. The molecule has 0 radical (unpaired) electrons. The molecule has 0 unspecified atom stereocenters. The third kappa shape index (κ3) is 4.63. The van der Waals surface area contributed by atoms with Crippen LogP contribution >= 0.6 is 0 Å². The van der Waals surface area contributed by atoms with Crippen LogP contribution in [0, 0.1) is 27.7 Å². The van der Waals surface area contributed by atoms with Gasteiger partial charge >= 0.3 is 6.18 Å². The molecule has 3 heterocycles. The molecule has 1 N–H and O–H groups in total. The van der Waals surface area contributed by atoms with E-state index in [4.69, 9.17) is 0 Å². The maximum absolute atomic E-state index is 13.0. The first-order valence-electron chi connectivity index (χ1n) is 10.7. The molecule has 1 amide bonds. The summed E-state index contributed by atoms with van der Waals surface area (Å²) in [7, 11) is 0. The van der Waals surface area contributed by atoms with Crippen molar-refractivity contribution in [1.29, 1.82) is 0 Å². The Bertz CT molecular complexity index is 1360. The van der Waals surface area contributed by atoms with Crippen LogP contribution in [-0.2, 0) is 30.5 Å². The zero-order chi connectivity index (χ0) is 24.6. The van der Waals surface area contributed by atoms with Gasteiger partial charge in [-0.2, -0.15) is 23.3 Å². The average Bonchev–Trinajstić information content (AvgIpc) is 3.32. The van der Waals surface area contributed by atoms with E-state index in [1.165, 1.54) is 0 Å². The first-order valence-corrected chi connectivity index (χ1v) is 10.7. The summed E-state index contributed by atoms with van der Waals surface area (Å²) < 4.78 is 41.9. The van der Waals surface area contributed by atoms with Crippen LogP contribution in [0.15, 0.2) is 30.3 Å². The van der Waals surface area contributed by atoms with Crippen LogP contribution in [0.25, 0.3) is 5.78 Å². The third-order valence-corrected chi connectivity index (χ3v) is 5.81. The molecule has 1 aromatic carbocycles. The number of halogens is 3. The van der Waals surface area contributed by atoms with Crippen molar-refractivity contribution in [3.63, 3.8) is 0 Å². The highest BCUT2D eigenvalue weighted by Crippen LogP contribution is 2.27. The second kappa shape index (κ2) is 8.88. The van der Waals surface area contributed by atoms with Gasteiger partial charge in [-0.3, -0.25) is 9.48 Å². The highest BCUT2D eigenvalue weighted by molar-refractivity contribution is 5.79. The number of hydrogen-bond acceptors (Lipinski definition) is 5. The number of rotatable bonds is 6. The summed E-state index contributed by atoms with van der Waals surface area (Å²) in [5, 5.41) is 11.0. The number of aryl methyl sites for hydroxylation is 3. The smallest absolute Gasteiger partial charge is 0.352 e. The Labute approximate surface area is 193 Å². The van der Waals surface area contributed by atoms with Crippen LogP contribution in [0.3, 0.4) is 0 Å². The maximum Gasteiger partial charge on any atom is 0.453 e. The van der Waals surface area contributed by atoms with Crippen molar-refractivity contribution in [2.45, 2.75) is 53.4 Å². The molecule has 0 spiro atoms. The van der Waals surface area contributed by atoms with E-state index < -0.39 is 12.0 Å². The summed E-state index contributed by atoms with van der Waals surface area (Å²) >= 11 is 0. The number of aromatic nitrogens is 6. The molecule has 11 heteroatoms. The van der Waals surface area contributed by atoms with E-state index in [-0.39, 0.29) is 18.1 Å². The van der Waals surface area contributed by atoms with Gasteiger partial charge in [-0.25, -0.2) is 9.50 Å². The minimum absolute atomic E-state index is 0.0436. The second-order valence-corrected chi connectivity index (χ2v) is 8.15. The van der Waals surface area contributed by atoms with Gasteiger partial charge in [0, 0.05) is 34.8 Å². The lowest BCUT2D eigenvalue weighted by Gasteiger charge is -2.11. The molecule has 0 aliphatic heterocycles. The van der Waals surface area contributed by atoms with Crippen molar-refractivity contribution >= 4 is 11.7 Å². The minimum Gasteiger partial charge on any atom is -0.352 e. The SMILES string of the molecule is Cc1nn(Cc2ccccc2)c(C)c1CNC(=O)Cc1c(C)nc2nc(C(F)(F)F)nn2c1C. The standard InChI is InChI=1S/C23H24F3N7O/c1-13-18(16(4)33-22(28-13)29-21(31-33)23(24,25)26)10-20(34)27-11-19-14(2)30-32(15(19)3)12-17-8-6-5-7-9-17/h5-9H,10-12H2,1-4H3,(H,27,34). The van der Waals surface area contributed by atoms with Gasteiger partial charge in [0.15, 0.2) is 0 Å². The summed E-state index contributed by atoms with van der Waals surface area (Å²) in [6.07, 6.45) is -4.72. The molecule has 0 aliphatic carbocycles. The summed E-state index contributed by atoms with van der Waals surface area (Å²) in [4.78, 5) is 20.3. The number of nitrogens with one attached hydrogen (secondary N) is 1. The third-order valence-electron chi connectivity index (χ3n) is 5.81. The van der Waals surface area contributed by atoms with Crippen LogP contribution in [0.4, 0.5) is 13.2 Å². The zero-order valence-corrected chi connectivity index (χ0v) is 19.2. The molecule has 178 valence electrons. The Hall–Kier alpha value is -3.76. The molecule has 0 atom stereocenters. The Morgan fingerprint density at radius 2 is 1.65 bits per heavy atom. The van der Waals surface area contributed by atoms with E-state index in [0.717, 1.165) is 27.0 Å². The summed E-state index contributed by atoms with van der Waals surface area (Å²) in [5.41, 5.74) is 5.17. The van der Waals surface area contributed by atoms with Gasteiger partial charge in [-0.15, -0.1) is 5.10 Å². The average molecular weight is 471 g/mol. The van der Waals surface area contributed by atoms with Gasteiger partial charge < -0.3 is 5.32 Å². The predicted octanol–water partition coefficient (Wildman–Crippen LogP) is 3.48. The van der Waals surface area contributed by atoms with Gasteiger partial charge in [0.05, 0.1) is 18.7 Å². The fourth-order valence-corrected chi connectivity index (χ4v) is 3.89. The second-order valence-electron chi connectivity index (χ2n) is 8.15. The summed E-state index contributed by atoms with van der Waals surface area (Å²) in [5.74, 6) is -1.69. The van der Waals surface area contributed by atoms with Gasteiger partial charge in [0.25, 0.3) is 11.6 Å². The molecule has 0 aliphatic rings. The zero-order valence-electron chi connectivity index (χ0n) is 19.2. The van der Waals surface area contributed by atoms with Crippen molar-refractivity contribution in [2.75, 3.05) is 0 Å². The molecule has 3 aromatic heterocycles. The predicted molar refractivity (Wildman–Crippen MR) is 118 cm³/mol.